The van der Waals surface area contributed by atoms with E-state index in [0.717, 1.165) is 21.7 Å². The fourth-order valence-electron chi connectivity index (χ4n) is 3.50. The Morgan fingerprint density at radius 3 is 2.45 bits per heavy atom. The molecule has 0 saturated carbocycles. The minimum absolute atomic E-state index is 0.0417. The Morgan fingerprint density at radius 2 is 1.71 bits per heavy atom. The normalized spacial score (nSPS) is 15.5. The Bertz CT molecular complexity index is 1280. The highest BCUT2D eigenvalue weighted by Crippen LogP contribution is 2.34. The summed E-state index contributed by atoms with van der Waals surface area (Å²) in [6.07, 6.45) is 3.29. The lowest BCUT2D eigenvalue weighted by atomic mass is 10.1. The number of aryl methyl sites for hydroxylation is 2. The van der Waals surface area contributed by atoms with Crippen molar-refractivity contribution in [2.24, 2.45) is 0 Å². The van der Waals surface area contributed by atoms with E-state index in [1.165, 1.54) is 12.1 Å². The number of rotatable bonds is 3. The fraction of sp³-hybridized carbons (Fsp3) is 0.0870. The van der Waals surface area contributed by atoms with Crippen LogP contribution in [0.2, 0.25) is 10.0 Å². The van der Waals surface area contributed by atoms with Crippen molar-refractivity contribution in [2.45, 2.75) is 13.8 Å². The van der Waals surface area contributed by atoms with E-state index in [9.17, 15) is 14.4 Å². The van der Waals surface area contributed by atoms with Crippen molar-refractivity contribution in [2.75, 3.05) is 4.90 Å². The number of anilines is 1. The number of aromatic nitrogens is 1. The zero-order valence-corrected chi connectivity index (χ0v) is 18.2. The van der Waals surface area contributed by atoms with Gasteiger partial charge in [0, 0.05) is 17.6 Å². The third-order valence-corrected chi connectivity index (χ3v) is 5.77. The maximum atomic E-state index is 13.2. The molecule has 3 aromatic rings. The number of hydrogen-bond acceptors (Lipinski definition) is 3. The molecule has 1 aromatic heterocycles. The summed E-state index contributed by atoms with van der Waals surface area (Å²) >= 11 is 12.2. The molecule has 1 saturated heterocycles. The van der Waals surface area contributed by atoms with Crippen LogP contribution in [-0.4, -0.2) is 22.4 Å². The smallest absolute Gasteiger partial charge is 0.317 e. The van der Waals surface area contributed by atoms with Crippen molar-refractivity contribution in [3.05, 3.63) is 87.2 Å². The summed E-state index contributed by atoms with van der Waals surface area (Å²) in [5.41, 5.74) is 3.59. The Labute approximate surface area is 188 Å². The highest BCUT2D eigenvalue weighted by atomic mass is 35.5. The molecule has 0 unspecified atom stereocenters. The summed E-state index contributed by atoms with van der Waals surface area (Å²) in [4.78, 5) is 38.9. The molecule has 6 nitrogen and oxygen atoms in total. The van der Waals surface area contributed by atoms with Crippen molar-refractivity contribution in [3.63, 3.8) is 0 Å². The minimum Gasteiger partial charge on any atom is -0.317 e. The number of amides is 4. The predicted octanol–water partition coefficient (Wildman–Crippen LogP) is 5.07. The van der Waals surface area contributed by atoms with Gasteiger partial charge in [0.15, 0.2) is 0 Å². The zero-order valence-electron chi connectivity index (χ0n) is 16.6. The number of urea groups is 1. The predicted molar refractivity (Wildman–Crippen MR) is 121 cm³/mol. The lowest BCUT2D eigenvalue weighted by Gasteiger charge is -2.27. The molecule has 0 bridgehead atoms. The first-order valence-corrected chi connectivity index (χ1v) is 10.1. The molecule has 0 spiro atoms. The van der Waals surface area contributed by atoms with Crippen LogP contribution in [0.4, 0.5) is 10.5 Å². The van der Waals surface area contributed by atoms with E-state index in [1.54, 1.807) is 18.2 Å². The Kier molecular flexibility index (Phi) is 5.43. The number of carbonyl (C=O) groups is 3. The summed E-state index contributed by atoms with van der Waals surface area (Å²) in [5.74, 6) is -1.57. The van der Waals surface area contributed by atoms with Crippen LogP contribution >= 0.6 is 23.2 Å². The molecule has 0 aliphatic carbocycles. The van der Waals surface area contributed by atoms with Crippen LogP contribution in [0.15, 0.2) is 60.3 Å². The number of imide groups is 2. The van der Waals surface area contributed by atoms with E-state index < -0.39 is 17.8 Å². The number of hydrogen-bond donors (Lipinski definition) is 1. The number of carbonyl (C=O) groups excluding carboxylic acids is 3. The molecule has 1 N–H and O–H groups in total. The summed E-state index contributed by atoms with van der Waals surface area (Å²) in [6, 6.07) is 13.3. The molecule has 1 fully saturated rings. The Hall–Kier alpha value is -3.35. The van der Waals surface area contributed by atoms with E-state index >= 15 is 0 Å². The molecule has 2 heterocycles. The third kappa shape index (κ3) is 3.76. The second-order valence-corrected chi connectivity index (χ2v) is 7.91. The quantitative estimate of drug-likeness (QED) is 0.444. The SMILES string of the molecule is Cc1ccc(-n2cccc2/C=C2\C(=O)NC(=O)N(c3cccc(Cl)c3Cl)C2=O)c(C)c1. The number of benzene rings is 2. The van der Waals surface area contributed by atoms with Crippen LogP contribution in [-0.2, 0) is 9.59 Å². The molecule has 2 aromatic carbocycles. The molecular formula is C23H17Cl2N3O3. The lowest BCUT2D eigenvalue weighted by Crippen LogP contribution is -2.54. The molecular weight excluding hydrogens is 437 g/mol. The van der Waals surface area contributed by atoms with Gasteiger partial charge in [-0.3, -0.25) is 14.9 Å². The van der Waals surface area contributed by atoms with Crippen molar-refractivity contribution >= 4 is 52.8 Å². The highest BCUT2D eigenvalue weighted by Gasteiger charge is 2.38. The van der Waals surface area contributed by atoms with Crippen molar-refractivity contribution in [3.8, 4) is 5.69 Å². The topological polar surface area (TPSA) is 71.4 Å². The first-order chi connectivity index (χ1) is 14.8. The van der Waals surface area contributed by atoms with Gasteiger partial charge >= 0.3 is 6.03 Å². The van der Waals surface area contributed by atoms with E-state index in [2.05, 4.69) is 5.32 Å². The van der Waals surface area contributed by atoms with Gasteiger partial charge in [-0.2, -0.15) is 0 Å². The molecule has 1 aliphatic heterocycles. The van der Waals surface area contributed by atoms with Crippen LogP contribution in [0.25, 0.3) is 11.8 Å². The molecule has 0 atom stereocenters. The van der Waals surface area contributed by atoms with E-state index in [4.69, 9.17) is 23.2 Å². The molecule has 4 amide bonds. The summed E-state index contributed by atoms with van der Waals surface area (Å²) in [7, 11) is 0. The van der Waals surface area contributed by atoms with Crippen molar-refractivity contribution < 1.29 is 14.4 Å². The van der Waals surface area contributed by atoms with Crippen LogP contribution in [0, 0.1) is 13.8 Å². The van der Waals surface area contributed by atoms with Gasteiger partial charge in [0.05, 0.1) is 15.7 Å². The van der Waals surface area contributed by atoms with Crippen LogP contribution in [0.3, 0.4) is 0 Å². The fourth-order valence-corrected chi connectivity index (χ4v) is 3.88. The number of halogens is 2. The monoisotopic (exact) mass is 453 g/mol. The first kappa shape index (κ1) is 20.9. The average molecular weight is 454 g/mol. The van der Waals surface area contributed by atoms with Gasteiger partial charge in [0.25, 0.3) is 11.8 Å². The average Bonchev–Trinajstić information content (AvgIpc) is 3.16. The standard InChI is InChI=1S/C23H17Cl2N3O3/c1-13-8-9-18(14(2)11-13)27-10-4-5-15(27)12-16-21(29)26-23(31)28(22(16)30)19-7-3-6-17(24)20(19)25/h3-12H,1-2H3,(H,26,29,31)/b16-12+. The second kappa shape index (κ2) is 8.06. The minimum atomic E-state index is -0.888. The van der Waals surface area contributed by atoms with Gasteiger partial charge in [0.1, 0.15) is 5.57 Å². The van der Waals surface area contributed by atoms with E-state index in [0.29, 0.717) is 5.69 Å². The number of barbiturate groups is 1. The largest absolute Gasteiger partial charge is 0.336 e. The maximum Gasteiger partial charge on any atom is 0.336 e. The molecule has 1 aliphatic rings. The summed E-state index contributed by atoms with van der Waals surface area (Å²) < 4.78 is 1.87. The summed E-state index contributed by atoms with van der Waals surface area (Å²) in [5, 5.41) is 2.42. The van der Waals surface area contributed by atoms with Gasteiger partial charge < -0.3 is 4.57 Å². The number of nitrogens with one attached hydrogen (secondary N) is 1. The molecule has 8 heteroatoms. The lowest BCUT2D eigenvalue weighted by molar-refractivity contribution is -0.122. The maximum absolute atomic E-state index is 13.2. The zero-order chi connectivity index (χ0) is 22.3. The Morgan fingerprint density at radius 1 is 0.935 bits per heavy atom. The van der Waals surface area contributed by atoms with Gasteiger partial charge in [0.2, 0.25) is 0 Å². The number of nitrogens with zero attached hydrogens (tertiary/aromatic N) is 2. The van der Waals surface area contributed by atoms with Crippen LogP contribution < -0.4 is 10.2 Å². The van der Waals surface area contributed by atoms with Crippen LogP contribution in [0.5, 0.6) is 0 Å². The summed E-state index contributed by atoms with van der Waals surface area (Å²) in [6.45, 7) is 3.99. The highest BCUT2D eigenvalue weighted by molar-refractivity contribution is 6.46. The van der Waals surface area contributed by atoms with Crippen molar-refractivity contribution in [1.29, 1.82) is 0 Å². The second-order valence-electron chi connectivity index (χ2n) is 7.12. The van der Waals surface area contributed by atoms with Gasteiger partial charge in [-0.25, -0.2) is 9.69 Å². The third-order valence-electron chi connectivity index (χ3n) is 4.96. The molecule has 156 valence electrons. The van der Waals surface area contributed by atoms with Gasteiger partial charge in [-0.05, 0) is 55.8 Å². The van der Waals surface area contributed by atoms with E-state index in [-0.39, 0.29) is 21.3 Å². The molecule has 31 heavy (non-hydrogen) atoms. The first-order valence-electron chi connectivity index (χ1n) is 9.38. The Balaban J connectivity index is 1.79. The van der Waals surface area contributed by atoms with Crippen LogP contribution in [0.1, 0.15) is 16.8 Å². The molecule has 0 radical (unpaired) electrons. The van der Waals surface area contributed by atoms with E-state index in [1.807, 2.05) is 48.9 Å². The van der Waals surface area contributed by atoms with Crippen molar-refractivity contribution in [1.82, 2.24) is 9.88 Å². The van der Waals surface area contributed by atoms with Gasteiger partial charge in [-0.15, -0.1) is 0 Å². The van der Waals surface area contributed by atoms with Gasteiger partial charge in [-0.1, -0.05) is 47.0 Å². The molecule has 4 rings (SSSR count).